The van der Waals surface area contributed by atoms with E-state index in [1.54, 1.807) is 14.0 Å². The van der Waals surface area contributed by atoms with Crippen LogP contribution >= 0.6 is 0 Å². The third-order valence-electron chi connectivity index (χ3n) is 10.0. The van der Waals surface area contributed by atoms with E-state index in [1.807, 2.05) is 12.1 Å². The largest absolute Gasteiger partial charge is 0.541 e. The van der Waals surface area contributed by atoms with Crippen molar-refractivity contribution >= 4 is 20.3 Å². The first-order chi connectivity index (χ1) is 19.1. The quantitative estimate of drug-likeness (QED) is 0.192. The number of esters is 2. The van der Waals surface area contributed by atoms with Crippen LogP contribution in [0.25, 0.3) is 0 Å². The predicted octanol–water partition coefficient (Wildman–Crippen LogP) is 7.49. The highest BCUT2D eigenvalue weighted by molar-refractivity contribution is 6.74. The number of carbonyl (C=O) groups is 2. The number of alkyl halides is 6. The lowest BCUT2D eigenvalue weighted by atomic mass is 9.55. The molecule has 42 heavy (non-hydrogen) atoms. The Bertz CT molecular complexity index is 1220. The number of carbonyl (C=O) groups excluding carboxylic acids is 2. The summed E-state index contributed by atoms with van der Waals surface area (Å²) in [7, 11) is -0.643. The van der Waals surface area contributed by atoms with E-state index < -0.39 is 56.1 Å². The van der Waals surface area contributed by atoms with E-state index in [4.69, 9.17) is 18.6 Å². The van der Waals surface area contributed by atoms with E-state index in [0.29, 0.717) is 30.8 Å². The summed E-state index contributed by atoms with van der Waals surface area (Å²) in [5, 5.41) is -0.0481. The third-order valence-corrected chi connectivity index (χ3v) is 14.4. The van der Waals surface area contributed by atoms with Gasteiger partial charge in [-0.3, -0.25) is 0 Å². The second-order valence-electron chi connectivity index (χ2n) is 13.5. The summed E-state index contributed by atoms with van der Waals surface area (Å²) >= 11 is 0. The van der Waals surface area contributed by atoms with Gasteiger partial charge >= 0.3 is 24.3 Å². The van der Waals surface area contributed by atoms with Crippen molar-refractivity contribution in [1.82, 2.24) is 0 Å². The molecule has 0 saturated heterocycles. The zero-order valence-electron chi connectivity index (χ0n) is 24.8. The van der Waals surface area contributed by atoms with Crippen molar-refractivity contribution in [3.05, 3.63) is 23.3 Å². The molecule has 0 spiro atoms. The van der Waals surface area contributed by atoms with Gasteiger partial charge in [0.15, 0.2) is 5.75 Å². The van der Waals surface area contributed by atoms with Crippen molar-refractivity contribution in [2.75, 3.05) is 7.11 Å². The van der Waals surface area contributed by atoms with E-state index in [-0.39, 0.29) is 29.7 Å². The monoisotopic (exact) mass is 624 g/mol. The molecular formula is C29H38F6O6Si. The smallest absolute Gasteiger partial charge is 0.490 e. The lowest BCUT2D eigenvalue weighted by molar-refractivity contribution is -0.225. The summed E-state index contributed by atoms with van der Waals surface area (Å²) in [6.45, 7) is 12.3. The fraction of sp³-hybridized carbons (Fsp3) is 0.724. The first-order valence-corrected chi connectivity index (χ1v) is 17.0. The summed E-state index contributed by atoms with van der Waals surface area (Å²) in [4.78, 5) is 23.6. The van der Waals surface area contributed by atoms with Crippen molar-refractivity contribution in [2.24, 2.45) is 17.3 Å². The Morgan fingerprint density at radius 2 is 1.52 bits per heavy atom. The fourth-order valence-corrected chi connectivity index (χ4v) is 7.91. The topological polar surface area (TPSA) is 71.1 Å². The summed E-state index contributed by atoms with van der Waals surface area (Å²) in [6, 6.07) is 3.93. The molecule has 0 bridgehead atoms. The van der Waals surface area contributed by atoms with E-state index in [2.05, 4.69) is 33.9 Å². The van der Waals surface area contributed by atoms with Crippen LogP contribution < -0.4 is 9.16 Å². The van der Waals surface area contributed by atoms with Crippen molar-refractivity contribution < 1.29 is 54.6 Å². The zero-order chi connectivity index (χ0) is 31.6. The molecule has 0 amide bonds. The van der Waals surface area contributed by atoms with Crippen LogP contribution in [0.15, 0.2) is 12.1 Å². The number of ether oxygens (including phenoxy) is 3. The summed E-state index contributed by atoms with van der Waals surface area (Å²) in [6.07, 6.45) is -12.2. The van der Waals surface area contributed by atoms with Gasteiger partial charge in [-0.05, 0) is 91.2 Å². The Morgan fingerprint density at radius 1 is 0.929 bits per heavy atom. The minimum atomic E-state index is -5.35. The van der Waals surface area contributed by atoms with Crippen molar-refractivity contribution in [2.45, 2.75) is 108 Å². The maximum Gasteiger partial charge on any atom is 0.490 e. The molecule has 0 aliphatic heterocycles. The van der Waals surface area contributed by atoms with E-state index >= 15 is 0 Å². The van der Waals surface area contributed by atoms with Gasteiger partial charge in [-0.15, -0.1) is 0 Å². The van der Waals surface area contributed by atoms with Crippen LogP contribution in [-0.4, -0.2) is 51.9 Å². The molecule has 13 heteroatoms. The number of aryl methyl sites for hydroxylation is 1. The number of hydrogen-bond acceptors (Lipinski definition) is 6. The molecule has 3 aliphatic rings. The van der Waals surface area contributed by atoms with Crippen LogP contribution in [0.5, 0.6) is 11.5 Å². The van der Waals surface area contributed by atoms with Crippen LogP contribution in [0.2, 0.25) is 18.1 Å². The molecule has 6 atom stereocenters. The van der Waals surface area contributed by atoms with Gasteiger partial charge in [0.1, 0.15) is 18.0 Å². The summed E-state index contributed by atoms with van der Waals surface area (Å²) in [5.41, 5.74) is 0.950. The number of fused-ring (bicyclic) bond motifs is 5. The van der Waals surface area contributed by atoms with Crippen LogP contribution in [0.4, 0.5) is 26.3 Å². The Balaban J connectivity index is 1.67. The SMILES string of the molecule is COc1cc2c(cc1O[Si](C)(C)C(C)(C)C)CC[C@@H]1[C@@H]2CC[C@@]2(C)[C@H]1C[C@@H](OC(=O)C(F)(F)F)[C@@H]2OC(=O)C(F)(F)F. The van der Waals surface area contributed by atoms with Crippen molar-refractivity contribution in [1.29, 1.82) is 0 Å². The van der Waals surface area contributed by atoms with Gasteiger partial charge in [0.2, 0.25) is 0 Å². The summed E-state index contributed by atoms with van der Waals surface area (Å²) < 4.78 is 100. The minimum absolute atomic E-state index is 0.0481. The van der Waals surface area contributed by atoms with Crippen LogP contribution in [0.3, 0.4) is 0 Å². The van der Waals surface area contributed by atoms with Gasteiger partial charge in [-0.1, -0.05) is 27.7 Å². The van der Waals surface area contributed by atoms with Crippen molar-refractivity contribution in [3.63, 3.8) is 0 Å². The Kier molecular flexibility index (Phi) is 8.21. The second kappa shape index (κ2) is 10.6. The minimum Gasteiger partial charge on any atom is -0.541 e. The summed E-state index contributed by atoms with van der Waals surface area (Å²) in [5.74, 6) is -4.47. The molecule has 1 aromatic carbocycles. The predicted molar refractivity (Wildman–Crippen MR) is 143 cm³/mol. The maximum atomic E-state index is 13.2. The second-order valence-corrected chi connectivity index (χ2v) is 18.2. The number of halogens is 6. The third kappa shape index (κ3) is 5.86. The number of hydrogen-bond donors (Lipinski definition) is 0. The normalized spacial score (nSPS) is 29.6. The molecule has 3 aliphatic carbocycles. The molecule has 0 N–H and O–H groups in total. The first kappa shape index (κ1) is 32.5. The average molecular weight is 625 g/mol. The molecular weight excluding hydrogens is 586 g/mol. The maximum absolute atomic E-state index is 13.2. The lowest BCUT2D eigenvalue weighted by Gasteiger charge is -2.50. The molecule has 236 valence electrons. The zero-order valence-corrected chi connectivity index (χ0v) is 25.8. The van der Waals surface area contributed by atoms with E-state index in [9.17, 15) is 35.9 Å². The number of benzene rings is 1. The molecule has 4 rings (SSSR count). The Labute approximate surface area is 242 Å². The fourth-order valence-electron chi connectivity index (χ4n) is 6.90. The molecule has 1 aromatic rings. The molecule has 0 unspecified atom stereocenters. The molecule has 2 saturated carbocycles. The Hall–Kier alpha value is -2.44. The van der Waals surface area contributed by atoms with Gasteiger partial charge in [0.05, 0.1) is 7.11 Å². The lowest BCUT2D eigenvalue weighted by Crippen LogP contribution is -2.48. The van der Waals surface area contributed by atoms with Gasteiger partial charge in [0.25, 0.3) is 8.32 Å². The van der Waals surface area contributed by atoms with Crippen LogP contribution in [0, 0.1) is 17.3 Å². The molecule has 0 radical (unpaired) electrons. The van der Waals surface area contributed by atoms with Gasteiger partial charge in [0, 0.05) is 5.41 Å². The molecule has 0 aromatic heterocycles. The molecule has 0 heterocycles. The van der Waals surface area contributed by atoms with Gasteiger partial charge in [-0.2, -0.15) is 26.3 Å². The van der Waals surface area contributed by atoms with Gasteiger partial charge < -0.3 is 18.6 Å². The van der Waals surface area contributed by atoms with Crippen LogP contribution in [-0.2, 0) is 25.5 Å². The standard InChI is InChI=1S/C29H38F6O6Si/c1-26(2,3)42(6,7)41-21-12-15-8-9-17-16(18(15)13-20(21)38-5)10-11-27(4)19(17)14-22(39-24(36)28(30,31)32)23(27)40-25(37)29(33,34)35/h12-13,16-17,19,22-23H,8-11,14H2,1-7H3/t16-,17+,19-,22+,23-,27-/m0/s1. The Morgan fingerprint density at radius 3 is 2.07 bits per heavy atom. The van der Waals surface area contributed by atoms with Gasteiger partial charge in [-0.25, -0.2) is 9.59 Å². The van der Waals surface area contributed by atoms with Crippen molar-refractivity contribution in [3.8, 4) is 11.5 Å². The molecule has 2 fully saturated rings. The average Bonchev–Trinajstić information content (AvgIpc) is 3.12. The highest BCUT2D eigenvalue weighted by Gasteiger charge is 2.63. The highest BCUT2D eigenvalue weighted by Crippen LogP contribution is 2.63. The number of methoxy groups -OCH3 is 1. The number of rotatable bonds is 5. The van der Waals surface area contributed by atoms with E-state index in [1.165, 1.54) is 0 Å². The highest BCUT2D eigenvalue weighted by atomic mass is 28.4. The first-order valence-electron chi connectivity index (χ1n) is 14.1. The molecule has 6 nitrogen and oxygen atoms in total. The van der Waals surface area contributed by atoms with E-state index in [0.717, 1.165) is 11.1 Å². The van der Waals surface area contributed by atoms with Crippen LogP contribution in [0.1, 0.15) is 70.4 Å².